The minimum absolute atomic E-state index is 0.0762. The lowest BCUT2D eigenvalue weighted by molar-refractivity contribution is -0.125. The topological polar surface area (TPSA) is 88.9 Å². The van der Waals surface area contributed by atoms with Crippen LogP contribution in [0.3, 0.4) is 0 Å². The van der Waals surface area contributed by atoms with Crippen molar-refractivity contribution >= 4 is 35.1 Å². The van der Waals surface area contributed by atoms with Crippen molar-refractivity contribution < 1.29 is 9.59 Å². The number of hydrogen-bond donors (Lipinski definition) is 2. The zero-order chi connectivity index (χ0) is 15.7. The second-order valence-electron chi connectivity index (χ2n) is 5.11. The summed E-state index contributed by atoms with van der Waals surface area (Å²) in [5.41, 5.74) is 0.642. The minimum Gasteiger partial charge on any atom is -0.326 e. The number of benzene rings is 1. The van der Waals surface area contributed by atoms with Gasteiger partial charge in [-0.3, -0.25) is 14.9 Å². The molecule has 3 rings (SSSR count). The van der Waals surface area contributed by atoms with E-state index in [2.05, 4.69) is 20.7 Å². The quantitative estimate of drug-likeness (QED) is 0.903. The van der Waals surface area contributed by atoms with Gasteiger partial charge in [0.05, 0.1) is 12.5 Å². The summed E-state index contributed by atoms with van der Waals surface area (Å²) in [6.07, 6.45) is 0.0762. The van der Waals surface area contributed by atoms with Gasteiger partial charge in [-0.05, 0) is 31.2 Å². The molecule has 0 bridgehead atoms. The van der Waals surface area contributed by atoms with Crippen LogP contribution in [0.5, 0.6) is 0 Å². The molecular formula is C14H14ClN5O2. The van der Waals surface area contributed by atoms with E-state index in [1.54, 1.807) is 35.9 Å². The molecule has 1 atom stereocenters. The lowest BCUT2D eigenvalue weighted by Crippen LogP contribution is -2.36. The predicted molar refractivity (Wildman–Crippen MR) is 81.6 cm³/mol. The highest BCUT2D eigenvalue weighted by atomic mass is 35.5. The molecule has 1 aromatic heterocycles. The van der Waals surface area contributed by atoms with Crippen LogP contribution in [0, 0.1) is 12.8 Å². The molecule has 114 valence electrons. The third kappa shape index (κ3) is 3.09. The van der Waals surface area contributed by atoms with Gasteiger partial charge < -0.3 is 5.32 Å². The highest BCUT2D eigenvalue weighted by molar-refractivity contribution is 6.30. The maximum atomic E-state index is 12.1. The Morgan fingerprint density at radius 2 is 2.18 bits per heavy atom. The van der Waals surface area contributed by atoms with Crippen LogP contribution in [0.25, 0.3) is 0 Å². The van der Waals surface area contributed by atoms with Crippen molar-refractivity contribution in [1.29, 1.82) is 0 Å². The van der Waals surface area contributed by atoms with E-state index in [9.17, 15) is 9.59 Å². The molecule has 0 saturated heterocycles. The van der Waals surface area contributed by atoms with Crippen LogP contribution in [0.1, 0.15) is 12.2 Å². The Bertz CT molecular complexity index is 725. The van der Waals surface area contributed by atoms with Gasteiger partial charge in [0.15, 0.2) is 0 Å². The van der Waals surface area contributed by atoms with Crippen LogP contribution in [-0.4, -0.2) is 26.6 Å². The van der Waals surface area contributed by atoms with Gasteiger partial charge in [0, 0.05) is 17.1 Å². The van der Waals surface area contributed by atoms with Gasteiger partial charge in [-0.2, -0.15) is 10.1 Å². The van der Waals surface area contributed by atoms with Crippen molar-refractivity contribution in [2.75, 3.05) is 10.6 Å². The zero-order valence-corrected chi connectivity index (χ0v) is 12.6. The monoisotopic (exact) mass is 319 g/mol. The molecule has 0 unspecified atom stereocenters. The Hall–Kier alpha value is -2.41. The van der Waals surface area contributed by atoms with Crippen molar-refractivity contribution in [2.45, 2.75) is 19.9 Å². The Morgan fingerprint density at radius 1 is 1.45 bits per heavy atom. The molecule has 2 N–H and O–H groups in total. The molecule has 2 heterocycles. The first-order valence-corrected chi connectivity index (χ1v) is 7.17. The summed E-state index contributed by atoms with van der Waals surface area (Å²) in [6, 6.07) is 6.80. The van der Waals surface area contributed by atoms with E-state index in [1.165, 1.54) is 0 Å². The van der Waals surface area contributed by atoms with E-state index in [1.807, 2.05) is 0 Å². The number of halogens is 1. The van der Waals surface area contributed by atoms with Gasteiger partial charge in [0.25, 0.3) is 0 Å². The second-order valence-corrected chi connectivity index (χ2v) is 5.55. The summed E-state index contributed by atoms with van der Waals surface area (Å²) >= 11 is 5.79. The van der Waals surface area contributed by atoms with Gasteiger partial charge in [0.1, 0.15) is 5.82 Å². The highest BCUT2D eigenvalue weighted by Gasteiger charge is 2.29. The second kappa shape index (κ2) is 5.76. The minimum atomic E-state index is -0.471. The number of hydrogen-bond acceptors (Lipinski definition) is 4. The number of carbonyl (C=O) groups excluding carboxylic acids is 2. The van der Waals surface area contributed by atoms with Gasteiger partial charge in [-0.15, -0.1) is 0 Å². The molecule has 8 heteroatoms. The summed E-state index contributed by atoms with van der Waals surface area (Å²) < 4.78 is 1.61. The molecule has 7 nitrogen and oxygen atoms in total. The Morgan fingerprint density at radius 3 is 2.91 bits per heavy atom. The SMILES string of the molecule is Cc1nc2n(n1)C[C@H](CC(=O)Nc1ccc(Cl)cc1)C(=O)N2. The van der Waals surface area contributed by atoms with Crippen molar-refractivity contribution in [1.82, 2.24) is 14.8 Å². The molecule has 1 aromatic carbocycles. The van der Waals surface area contributed by atoms with E-state index in [0.29, 0.717) is 29.0 Å². The fourth-order valence-electron chi connectivity index (χ4n) is 2.31. The summed E-state index contributed by atoms with van der Waals surface area (Å²) in [7, 11) is 0. The van der Waals surface area contributed by atoms with Crippen LogP contribution in [0.4, 0.5) is 11.6 Å². The summed E-state index contributed by atoms with van der Waals surface area (Å²) in [6.45, 7) is 2.09. The smallest absolute Gasteiger partial charge is 0.232 e. The normalized spacial score (nSPS) is 16.8. The number of nitrogens with one attached hydrogen (secondary N) is 2. The van der Waals surface area contributed by atoms with Crippen LogP contribution in [0.2, 0.25) is 5.02 Å². The zero-order valence-electron chi connectivity index (χ0n) is 11.8. The standard InChI is InChI=1S/C14H14ClN5O2/c1-8-16-14-18-13(22)9(7-20(14)19-8)6-12(21)17-11-4-2-10(15)3-5-11/h2-5,9H,6-7H2,1H3,(H,17,21)(H,16,18,19,22)/t9-/m0/s1. The van der Waals surface area contributed by atoms with Crippen LogP contribution in [0.15, 0.2) is 24.3 Å². The van der Waals surface area contributed by atoms with E-state index in [0.717, 1.165) is 0 Å². The van der Waals surface area contributed by atoms with Gasteiger partial charge >= 0.3 is 0 Å². The van der Waals surface area contributed by atoms with Crippen molar-refractivity contribution in [3.8, 4) is 0 Å². The lowest BCUT2D eigenvalue weighted by Gasteiger charge is -2.21. The molecule has 1 aliphatic rings. The molecule has 2 aromatic rings. The maximum absolute atomic E-state index is 12.1. The molecule has 0 aliphatic carbocycles. The molecule has 0 spiro atoms. The first kappa shape index (κ1) is 14.5. The lowest BCUT2D eigenvalue weighted by atomic mass is 10.0. The predicted octanol–water partition coefficient (Wildman–Crippen LogP) is 1.84. The number of anilines is 2. The summed E-state index contributed by atoms with van der Waals surface area (Å²) in [5.74, 6) is 0.0910. The third-order valence-electron chi connectivity index (χ3n) is 3.34. The Kier molecular flexibility index (Phi) is 3.81. The van der Waals surface area contributed by atoms with Crippen molar-refractivity contribution in [3.05, 3.63) is 35.1 Å². The summed E-state index contributed by atoms with van der Waals surface area (Å²) in [4.78, 5) is 28.2. The third-order valence-corrected chi connectivity index (χ3v) is 3.59. The van der Waals surface area contributed by atoms with Crippen LogP contribution in [-0.2, 0) is 16.1 Å². The van der Waals surface area contributed by atoms with Crippen molar-refractivity contribution in [2.24, 2.45) is 5.92 Å². The van der Waals surface area contributed by atoms with Crippen LogP contribution >= 0.6 is 11.6 Å². The number of aromatic nitrogens is 3. The Balaban J connectivity index is 1.64. The number of amides is 2. The number of fused-ring (bicyclic) bond motifs is 1. The van der Waals surface area contributed by atoms with E-state index >= 15 is 0 Å². The maximum Gasteiger partial charge on any atom is 0.232 e. The number of nitrogens with zero attached hydrogens (tertiary/aromatic N) is 3. The number of aryl methyl sites for hydroxylation is 1. The fourth-order valence-corrected chi connectivity index (χ4v) is 2.43. The average molecular weight is 320 g/mol. The van der Waals surface area contributed by atoms with Gasteiger partial charge in [-0.1, -0.05) is 11.6 Å². The largest absolute Gasteiger partial charge is 0.326 e. The highest BCUT2D eigenvalue weighted by Crippen LogP contribution is 2.20. The number of rotatable bonds is 3. The molecule has 0 radical (unpaired) electrons. The van der Waals surface area contributed by atoms with E-state index < -0.39 is 5.92 Å². The molecule has 0 fully saturated rings. The van der Waals surface area contributed by atoms with E-state index in [4.69, 9.17) is 11.6 Å². The van der Waals surface area contributed by atoms with Gasteiger partial charge in [0.2, 0.25) is 17.8 Å². The first-order chi connectivity index (χ1) is 10.5. The molecular weight excluding hydrogens is 306 g/mol. The molecule has 0 saturated carbocycles. The fraction of sp³-hybridized carbons (Fsp3) is 0.286. The first-order valence-electron chi connectivity index (χ1n) is 6.79. The average Bonchev–Trinajstić information content (AvgIpc) is 2.81. The Labute approximate surface area is 131 Å². The molecule has 22 heavy (non-hydrogen) atoms. The van der Waals surface area contributed by atoms with Gasteiger partial charge in [-0.25, -0.2) is 4.68 Å². The summed E-state index contributed by atoms with van der Waals surface area (Å²) in [5, 5.41) is 10.2. The molecule has 1 aliphatic heterocycles. The number of carbonyl (C=O) groups is 2. The van der Waals surface area contributed by atoms with Crippen molar-refractivity contribution in [3.63, 3.8) is 0 Å². The van der Waals surface area contributed by atoms with E-state index in [-0.39, 0.29) is 18.2 Å². The van der Waals surface area contributed by atoms with Crippen LogP contribution < -0.4 is 10.6 Å². The molecule has 2 amide bonds.